The summed E-state index contributed by atoms with van der Waals surface area (Å²) < 4.78 is 27.5. The van der Waals surface area contributed by atoms with Gasteiger partial charge in [-0.15, -0.1) is 0 Å². The van der Waals surface area contributed by atoms with E-state index in [1.807, 2.05) is 48.7 Å². The van der Waals surface area contributed by atoms with Crippen LogP contribution >= 0.6 is 0 Å². The molecule has 190 valence electrons. The summed E-state index contributed by atoms with van der Waals surface area (Å²) in [4.78, 5) is 26.8. The van der Waals surface area contributed by atoms with Crippen molar-refractivity contribution in [3.8, 4) is 22.5 Å². The van der Waals surface area contributed by atoms with E-state index in [-0.39, 0.29) is 18.9 Å². The quantitative estimate of drug-likeness (QED) is 0.284. The van der Waals surface area contributed by atoms with Crippen molar-refractivity contribution in [3.05, 3.63) is 78.9 Å². The van der Waals surface area contributed by atoms with E-state index in [2.05, 4.69) is 30.5 Å². The first-order valence-electron chi connectivity index (χ1n) is 12.4. The Morgan fingerprint density at radius 2 is 1.84 bits per heavy atom. The highest BCUT2D eigenvalue weighted by molar-refractivity contribution is 5.99. The van der Waals surface area contributed by atoms with E-state index in [4.69, 9.17) is 0 Å². The maximum atomic E-state index is 13.8. The number of halogens is 2. The molecule has 0 unspecified atom stereocenters. The molecule has 2 aliphatic rings. The fourth-order valence-electron chi connectivity index (χ4n) is 5.29. The summed E-state index contributed by atoms with van der Waals surface area (Å²) in [7, 11) is 0. The summed E-state index contributed by atoms with van der Waals surface area (Å²) in [6, 6.07) is 17.2. The molecule has 1 saturated heterocycles. The van der Waals surface area contributed by atoms with E-state index in [0.717, 1.165) is 33.3 Å². The van der Waals surface area contributed by atoms with Gasteiger partial charge in [0, 0.05) is 59.6 Å². The molecule has 38 heavy (non-hydrogen) atoms. The third-order valence-corrected chi connectivity index (χ3v) is 7.61. The van der Waals surface area contributed by atoms with Crippen molar-refractivity contribution in [2.75, 3.05) is 18.4 Å². The van der Waals surface area contributed by atoms with Gasteiger partial charge in [-0.05, 0) is 42.3 Å². The van der Waals surface area contributed by atoms with Crippen LogP contribution in [0, 0.1) is 5.41 Å². The van der Waals surface area contributed by atoms with Gasteiger partial charge in [0.15, 0.2) is 5.82 Å². The van der Waals surface area contributed by atoms with Gasteiger partial charge in [-0.1, -0.05) is 24.3 Å². The summed E-state index contributed by atoms with van der Waals surface area (Å²) in [6.45, 7) is 0.466. The van der Waals surface area contributed by atoms with Crippen LogP contribution in [0.2, 0.25) is 0 Å². The number of aromatic nitrogens is 5. The first-order chi connectivity index (χ1) is 18.4. The van der Waals surface area contributed by atoms with Gasteiger partial charge < -0.3 is 15.2 Å². The molecule has 1 saturated carbocycles. The Labute approximate surface area is 216 Å². The number of benzene rings is 2. The number of anilines is 2. The zero-order valence-corrected chi connectivity index (χ0v) is 20.2. The Bertz CT molecular complexity index is 1660. The van der Waals surface area contributed by atoms with Gasteiger partial charge in [0.25, 0.3) is 11.8 Å². The number of rotatable bonds is 5. The summed E-state index contributed by atoms with van der Waals surface area (Å²) in [5, 5.41) is 11.0. The van der Waals surface area contributed by atoms with Crippen LogP contribution in [0.5, 0.6) is 0 Å². The average Bonchev–Trinajstić information content (AvgIpc) is 3.50. The van der Waals surface area contributed by atoms with Crippen LogP contribution < -0.4 is 5.32 Å². The highest BCUT2D eigenvalue weighted by Crippen LogP contribution is 2.65. The number of hydrogen-bond acceptors (Lipinski definition) is 5. The largest absolute Gasteiger partial charge is 0.351 e. The second-order valence-electron chi connectivity index (χ2n) is 10.1. The van der Waals surface area contributed by atoms with Crippen LogP contribution in [-0.2, 0) is 0 Å². The van der Waals surface area contributed by atoms with E-state index in [9.17, 15) is 13.6 Å². The van der Waals surface area contributed by atoms with Crippen LogP contribution in [-0.4, -0.2) is 55.0 Å². The highest BCUT2D eigenvalue weighted by atomic mass is 19.3. The predicted molar refractivity (Wildman–Crippen MR) is 139 cm³/mol. The van der Waals surface area contributed by atoms with Gasteiger partial charge in [-0.25, -0.2) is 18.7 Å². The average molecular weight is 512 g/mol. The highest BCUT2D eigenvalue weighted by Gasteiger charge is 2.73. The normalized spacial score (nSPS) is 19.8. The van der Waals surface area contributed by atoms with Gasteiger partial charge in [-0.2, -0.15) is 5.10 Å². The monoisotopic (exact) mass is 511 g/mol. The molecule has 3 N–H and O–H groups in total. The van der Waals surface area contributed by atoms with Crippen molar-refractivity contribution in [1.29, 1.82) is 0 Å². The summed E-state index contributed by atoms with van der Waals surface area (Å²) in [6.07, 6.45) is 5.54. The Kier molecular flexibility index (Phi) is 4.88. The van der Waals surface area contributed by atoms with E-state index in [1.54, 1.807) is 24.5 Å². The third kappa shape index (κ3) is 3.80. The number of H-pyrrole nitrogens is 2. The summed E-state index contributed by atoms with van der Waals surface area (Å²) in [5.41, 5.74) is 3.88. The fourth-order valence-corrected chi connectivity index (χ4v) is 5.29. The molecular weight excluding hydrogens is 488 g/mol. The first-order valence-corrected chi connectivity index (χ1v) is 12.4. The lowest BCUT2D eigenvalue weighted by Gasteiger charge is -2.15. The van der Waals surface area contributed by atoms with Crippen LogP contribution in [0.3, 0.4) is 0 Å². The maximum absolute atomic E-state index is 13.8. The van der Waals surface area contributed by atoms with Crippen LogP contribution in [0.4, 0.5) is 20.3 Å². The summed E-state index contributed by atoms with van der Waals surface area (Å²) >= 11 is 0. The first kappa shape index (κ1) is 22.6. The second-order valence-corrected chi connectivity index (χ2v) is 10.1. The molecule has 1 atom stereocenters. The number of hydrogen-bond donors (Lipinski definition) is 3. The molecule has 4 heterocycles. The van der Waals surface area contributed by atoms with Gasteiger partial charge >= 0.3 is 0 Å². The van der Waals surface area contributed by atoms with Crippen LogP contribution in [0.15, 0.2) is 73.2 Å². The Balaban J connectivity index is 1.09. The Hall–Kier alpha value is -4.60. The van der Waals surface area contributed by atoms with Crippen molar-refractivity contribution in [2.24, 2.45) is 5.41 Å². The Morgan fingerprint density at radius 1 is 1.03 bits per heavy atom. The molecule has 7 rings (SSSR count). The lowest BCUT2D eigenvalue weighted by molar-refractivity contribution is 0.0616. The molecule has 3 aromatic heterocycles. The zero-order chi connectivity index (χ0) is 25.9. The topological polar surface area (TPSA) is 103 Å². The van der Waals surface area contributed by atoms with E-state index < -0.39 is 11.3 Å². The number of amides is 1. The number of nitrogens with zero attached hydrogens (tertiary/aromatic N) is 4. The molecule has 1 aliphatic carbocycles. The SMILES string of the molecule is O=C(c1cc2ccc(-c3nccc(Nc4ccc(-c5cn[nH]c5)cc4)n3)cc2[nH]1)N1CC[C@]2(C1)CC2(F)F. The van der Waals surface area contributed by atoms with Crippen molar-refractivity contribution >= 4 is 28.3 Å². The molecule has 2 aromatic carbocycles. The standard InChI is InChI=1S/C28H23F2N7O/c29-28(30)15-27(28)8-10-37(16-27)26(38)23-11-18-1-2-19(12-22(18)35-23)25-31-9-7-24(36-25)34-21-5-3-17(4-6-21)20-13-32-33-14-20/h1-7,9,11-14,35H,8,10,15-16H2,(H,32,33)(H,31,34,36)/t27-/m1/s1. The van der Waals surface area contributed by atoms with Crippen LogP contribution in [0.1, 0.15) is 23.3 Å². The van der Waals surface area contributed by atoms with Gasteiger partial charge in [0.2, 0.25) is 0 Å². The van der Waals surface area contributed by atoms with Crippen LogP contribution in [0.25, 0.3) is 33.4 Å². The van der Waals surface area contributed by atoms with E-state index in [1.165, 1.54) is 4.90 Å². The van der Waals surface area contributed by atoms with Crippen molar-refractivity contribution in [3.63, 3.8) is 0 Å². The molecule has 10 heteroatoms. The molecule has 0 radical (unpaired) electrons. The van der Waals surface area contributed by atoms with Gasteiger partial charge in [0.05, 0.1) is 11.6 Å². The number of nitrogens with one attached hydrogen (secondary N) is 3. The minimum atomic E-state index is -2.65. The smallest absolute Gasteiger partial charge is 0.270 e. The van der Waals surface area contributed by atoms with Crippen molar-refractivity contribution < 1.29 is 13.6 Å². The number of likely N-dealkylation sites (tertiary alicyclic amines) is 1. The molecule has 1 aliphatic heterocycles. The van der Waals surface area contributed by atoms with Crippen molar-refractivity contribution in [1.82, 2.24) is 30.0 Å². The number of aromatic amines is 2. The third-order valence-electron chi connectivity index (χ3n) is 7.61. The van der Waals surface area contributed by atoms with Crippen molar-refractivity contribution in [2.45, 2.75) is 18.8 Å². The molecule has 5 aromatic rings. The number of alkyl halides is 2. The zero-order valence-electron chi connectivity index (χ0n) is 20.2. The van der Waals surface area contributed by atoms with Gasteiger partial charge in [-0.3, -0.25) is 9.89 Å². The molecule has 1 amide bonds. The maximum Gasteiger partial charge on any atom is 0.270 e. The predicted octanol–water partition coefficient (Wildman–Crippen LogP) is 5.63. The molecule has 1 spiro atoms. The van der Waals surface area contributed by atoms with Gasteiger partial charge in [0.1, 0.15) is 11.5 Å². The second kappa shape index (κ2) is 8.20. The molecule has 2 fully saturated rings. The molecular formula is C28H23F2N7O. The number of carbonyl (C=O) groups excluding carboxylic acids is 1. The molecule has 0 bridgehead atoms. The number of carbonyl (C=O) groups is 1. The van der Waals surface area contributed by atoms with E-state index >= 15 is 0 Å². The fraction of sp³-hybridized carbons (Fsp3) is 0.214. The Morgan fingerprint density at radius 3 is 2.58 bits per heavy atom. The minimum Gasteiger partial charge on any atom is -0.351 e. The lowest BCUT2D eigenvalue weighted by Crippen LogP contribution is -2.30. The molecule has 8 nitrogen and oxygen atoms in total. The number of fused-ring (bicyclic) bond motifs is 1. The lowest BCUT2D eigenvalue weighted by atomic mass is 10.1. The minimum absolute atomic E-state index is 0.110. The van der Waals surface area contributed by atoms with E-state index in [0.29, 0.717) is 30.3 Å². The summed E-state index contributed by atoms with van der Waals surface area (Å²) in [5.74, 6) is -1.71.